The zero-order chi connectivity index (χ0) is 26.9. The molecule has 0 atom stereocenters. The molecule has 0 aliphatic carbocycles. The number of aromatic nitrogens is 3. The van der Waals surface area contributed by atoms with Gasteiger partial charge in [-0.25, -0.2) is 5.43 Å². The van der Waals surface area contributed by atoms with Gasteiger partial charge in [0.25, 0.3) is 5.91 Å². The van der Waals surface area contributed by atoms with Crippen LogP contribution in [-0.2, 0) is 11.4 Å². The minimum Gasteiger partial charge on any atom is -0.489 e. The lowest BCUT2D eigenvalue weighted by Gasteiger charge is -2.10. The highest BCUT2D eigenvalue weighted by Gasteiger charge is 2.17. The smallest absolute Gasteiger partial charge is 0.250 e. The summed E-state index contributed by atoms with van der Waals surface area (Å²) < 4.78 is 8.79. The van der Waals surface area contributed by atoms with Gasteiger partial charge in [-0.05, 0) is 47.5 Å². The zero-order valence-electron chi connectivity index (χ0n) is 20.8. The maximum Gasteiger partial charge on any atom is 0.250 e. The van der Waals surface area contributed by atoms with Gasteiger partial charge in [0.2, 0.25) is 0 Å². The van der Waals surface area contributed by atoms with Crippen molar-refractivity contribution in [3.05, 3.63) is 125 Å². The summed E-state index contributed by atoms with van der Waals surface area (Å²) in [5.41, 5.74) is 6.33. The Morgan fingerprint density at radius 3 is 2.44 bits per heavy atom. The monoisotopic (exact) mass is 597 g/mol. The predicted octanol–water partition coefficient (Wildman–Crippen LogP) is 6.52. The number of nitrogens with one attached hydrogen (secondary N) is 1. The number of hydrogen-bond acceptors (Lipinski definition) is 6. The Kier molecular flexibility index (Phi) is 8.82. The van der Waals surface area contributed by atoms with Crippen LogP contribution in [0.3, 0.4) is 0 Å². The molecule has 0 bridgehead atoms. The molecule has 0 unspecified atom stereocenters. The van der Waals surface area contributed by atoms with Crippen LogP contribution in [0.15, 0.2) is 124 Å². The van der Waals surface area contributed by atoms with E-state index in [1.807, 2.05) is 114 Å². The quantitative estimate of drug-likeness (QED) is 0.113. The third-order valence-electron chi connectivity index (χ3n) is 5.59. The summed E-state index contributed by atoms with van der Waals surface area (Å²) in [4.78, 5) is 12.6. The number of thioether (sulfide) groups is 1. The van der Waals surface area contributed by atoms with E-state index in [0.717, 1.165) is 32.6 Å². The summed E-state index contributed by atoms with van der Waals surface area (Å²) >= 11 is 4.78. The van der Waals surface area contributed by atoms with E-state index in [-0.39, 0.29) is 11.7 Å². The SMILES string of the molecule is O=C(CSc1nnc(-c2ccccc2)n1-c1ccc(Br)cc1)N/N=C\c1cccc(OCc2ccccc2)c1. The number of hydrazone groups is 1. The first kappa shape index (κ1) is 26.4. The Bertz CT molecular complexity index is 1560. The fraction of sp³-hybridized carbons (Fsp3) is 0.0667. The molecule has 0 fully saturated rings. The molecule has 0 radical (unpaired) electrons. The molecule has 0 aliphatic rings. The lowest BCUT2D eigenvalue weighted by molar-refractivity contribution is -0.118. The van der Waals surface area contributed by atoms with Crippen molar-refractivity contribution in [1.82, 2.24) is 20.2 Å². The normalized spacial score (nSPS) is 11.0. The van der Waals surface area contributed by atoms with Crippen molar-refractivity contribution in [2.45, 2.75) is 11.8 Å². The van der Waals surface area contributed by atoms with Crippen LogP contribution in [0.2, 0.25) is 0 Å². The topological polar surface area (TPSA) is 81.4 Å². The molecular weight excluding hydrogens is 574 g/mol. The Balaban J connectivity index is 1.21. The fourth-order valence-corrected chi connectivity index (χ4v) is 4.74. The molecule has 5 aromatic rings. The number of nitrogens with zero attached hydrogens (tertiary/aromatic N) is 4. The second kappa shape index (κ2) is 13.0. The molecule has 1 amide bonds. The van der Waals surface area contributed by atoms with Crippen LogP contribution in [0.4, 0.5) is 0 Å². The lowest BCUT2D eigenvalue weighted by Crippen LogP contribution is -2.20. The second-order valence-corrected chi connectivity index (χ2v) is 10.3. The Labute approximate surface area is 239 Å². The first-order valence-corrected chi connectivity index (χ1v) is 13.9. The zero-order valence-corrected chi connectivity index (χ0v) is 23.2. The van der Waals surface area contributed by atoms with E-state index >= 15 is 0 Å². The minimum absolute atomic E-state index is 0.126. The first-order valence-electron chi connectivity index (χ1n) is 12.1. The average Bonchev–Trinajstić information content (AvgIpc) is 3.41. The third kappa shape index (κ3) is 7.22. The summed E-state index contributed by atoms with van der Waals surface area (Å²) in [5.74, 6) is 1.31. The number of carbonyl (C=O) groups is 1. The highest BCUT2D eigenvalue weighted by molar-refractivity contribution is 9.10. The lowest BCUT2D eigenvalue weighted by atomic mass is 10.2. The largest absolute Gasteiger partial charge is 0.489 e. The van der Waals surface area contributed by atoms with Crippen molar-refractivity contribution in [3.63, 3.8) is 0 Å². The summed E-state index contributed by atoms with van der Waals surface area (Å²) in [6, 6.07) is 35.2. The number of rotatable bonds is 10. The van der Waals surface area contributed by atoms with Crippen LogP contribution in [-0.4, -0.2) is 32.6 Å². The maximum absolute atomic E-state index is 12.6. The molecule has 1 N–H and O–H groups in total. The predicted molar refractivity (Wildman–Crippen MR) is 158 cm³/mol. The maximum atomic E-state index is 12.6. The van der Waals surface area contributed by atoms with Gasteiger partial charge in [0, 0.05) is 15.7 Å². The van der Waals surface area contributed by atoms with Gasteiger partial charge in [0.05, 0.1) is 12.0 Å². The molecule has 0 aliphatic heterocycles. The van der Waals surface area contributed by atoms with Gasteiger partial charge >= 0.3 is 0 Å². The van der Waals surface area contributed by atoms with Crippen molar-refractivity contribution >= 4 is 39.8 Å². The van der Waals surface area contributed by atoms with Gasteiger partial charge in [-0.1, -0.05) is 100 Å². The molecule has 194 valence electrons. The molecule has 4 aromatic carbocycles. The van der Waals surface area contributed by atoms with Crippen molar-refractivity contribution < 1.29 is 9.53 Å². The number of carbonyl (C=O) groups excluding carboxylic acids is 1. The number of hydrogen-bond donors (Lipinski definition) is 1. The van der Waals surface area contributed by atoms with Gasteiger partial charge < -0.3 is 4.74 Å². The van der Waals surface area contributed by atoms with Gasteiger partial charge in [0.15, 0.2) is 11.0 Å². The first-order chi connectivity index (χ1) is 19.2. The van der Waals surface area contributed by atoms with Crippen LogP contribution < -0.4 is 10.2 Å². The van der Waals surface area contributed by atoms with Crippen LogP contribution in [0.5, 0.6) is 5.75 Å². The molecule has 9 heteroatoms. The van der Waals surface area contributed by atoms with Crippen LogP contribution in [0, 0.1) is 0 Å². The van der Waals surface area contributed by atoms with Gasteiger partial charge in [-0.2, -0.15) is 5.10 Å². The van der Waals surface area contributed by atoms with E-state index < -0.39 is 0 Å². The molecule has 0 saturated heterocycles. The Morgan fingerprint density at radius 2 is 1.67 bits per heavy atom. The van der Waals surface area contributed by atoms with Gasteiger partial charge in [-0.3, -0.25) is 9.36 Å². The van der Waals surface area contributed by atoms with E-state index in [1.165, 1.54) is 11.8 Å². The Morgan fingerprint density at radius 1 is 0.923 bits per heavy atom. The molecular formula is C30H24BrN5O2S. The van der Waals surface area contributed by atoms with E-state index in [2.05, 4.69) is 36.7 Å². The Hall–Kier alpha value is -4.21. The van der Waals surface area contributed by atoms with E-state index in [0.29, 0.717) is 17.6 Å². The van der Waals surface area contributed by atoms with Crippen LogP contribution >= 0.6 is 27.7 Å². The summed E-state index contributed by atoms with van der Waals surface area (Å²) in [5, 5.41) is 13.5. The van der Waals surface area contributed by atoms with Crippen LogP contribution in [0.1, 0.15) is 11.1 Å². The fourth-order valence-electron chi connectivity index (χ4n) is 3.73. The molecule has 0 saturated carbocycles. The standard InChI is InChI=1S/C30H24BrN5O2S/c31-25-14-16-26(17-15-25)36-29(24-11-5-2-6-12-24)34-35-30(36)39-21-28(37)33-32-19-23-10-7-13-27(18-23)38-20-22-8-3-1-4-9-22/h1-19H,20-21H2,(H,33,37)/b32-19-. The molecule has 1 aromatic heterocycles. The molecule has 39 heavy (non-hydrogen) atoms. The van der Waals surface area contributed by atoms with E-state index in [4.69, 9.17) is 4.74 Å². The molecule has 7 nitrogen and oxygen atoms in total. The summed E-state index contributed by atoms with van der Waals surface area (Å²) in [7, 11) is 0. The van der Waals surface area contributed by atoms with Gasteiger partial charge in [0.1, 0.15) is 12.4 Å². The highest BCUT2D eigenvalue weighted by Crippen LogP contribution is 2.28. The highest BCUT2D eigenvalue weighted by atomic mass is 79.9. The van der Waals surface area contributed by atoms with Crippen molar-refractivity contribution in [2.75, 3.05) is 5.75 Å². The van der Waals surface area contributed by atoms with Crippen molar-refractivity contribution in [2.24, 2.45) is 5.10 Å². The third-order valence-corrected chi connectivity index (χ3v) is 7.05. The van der Waals surface area contributed by atoms with Gasteiger partial charge in [-0.15, -0.1) is 10.2 Å². The molecule has 1 heterocycles. The number of benzene rings is 4. The average molecular weight is 599 g/mol. The van der Waals surface area contributed by atoms with Crippen molar-refractivity contribution in [1.29, 1.82) is 0 Å². The van der Waals surface area contributed by atoms with Crippen molar-refractivity contribution in [3.8, 4) is 22.8 Å². The molecule has 5 rings (SSSR count). The van der Waals surface area contributed by atoms with Crippen LogP contribution in [0.25, 0.3) is 17.1 Å². The summed E-state index contributed by atoms with van der Waals surface area (Å²) in [6.45, 7) is 0.478. The molecule has 0 spiro atoms. The number of ether oxygens (including phenoxy) is 1. The van der Waals surface area contributed by atoms with E-state index in [1.54, 1.807) is 6.21 Å². The van der Waals surface area contributed by atoms with E-state index in [9.17, 15) is 4.79 Å². The number of halogens is 1. The number of amides is 1. The summed E-state index contributed by atoms with van der Waals surface area (Å²) in [6.07, 6.45) is 1.59. The minimum atomic E-state index is -0.251. The second-order valence-electron chi connectivity index (χ2n) is 8.41.